The lowest BCUT2D eigenvalue weighted by molar-refractivity contribution is 0.287. The topological polar surface area (TPSA) is 53.1 Å². The molecule has 0 amide bonds. The van der Waals surface area contributed by atoms with Crippen molar-refractivity contribution in [1.29, 1.82) is 0 Å². The van der Waals surface area contributed by atoms with Crippen LogP contribution in [0.5, 0.6) is 5.75 Å². The number of nitrogens with zero attached hydrogens (tertiary/aromatic N) is 2. The lowest BCUT2D eigenvalue weighted by Crippen LogP contribution is -2.11. The fourth-order valence-electron chi connectivity index (χ4n) is 1.83. The molecule has 4 nitrogen and oxygen atoms in total. The van der Waals surface area contributed by atoms with E-state index in [1.807, 2.05) is 36.0 Å². The van der Waals surface area contributed by atoms with Gasteiger partial charge in [-0.05, 0) is 30.7 Å². The van der Waals surface area contributed by atoms with Crippen LogP contribution in [0.3, 0.4) is 0 Å². The van der Waals surface area contributed by atoms with Gasteiger partial charge in [-0.3, -0.25) is 4.68 Å². The molecule has 1 aromatic heterocycles. The zero-order chi connectivity index (χ0) is 13.0. The van der Waals surface area contributed by atoms with Crippen LogP contribution in [-0.2, 0) is 13.1 Å². The van der Waals surface area contributed by atoms with Crippen molar-refractivity contribution in [3.8, 4) is 5.75 Å². The SMILES string of the molecule is Cc1cc(Br)cc(CN)c1OCCn1cccn1. The Hall–Kier alpha value is -1.33. The highest BCUT2D eigenvalue weighted by Gasteiger charge is 2.07. The van der Waals surface area contributed by atoms with E-state index in [1.165, 1.54) is 0 Å². The van der Waals surface area contributed by atoms with Gasteiger partial charge in [0.1, 0.15) is 12.4 Å². The molecular weight excluding hydrogens is 294 g/mol. The van der Waals surface area contributed by atoms with Crippen molar-refractivity contribution in [3.63, 3.8) is 0 Å². The van der Waals surface area contributed by atoms with Crippen molar-refractivity contribution in [2.45, 2.75) is 20.0 Å². The van der Waals surface area contributed by atoms with Crippen molar-refractivity contribution in [2.75, 3.05) is 6.61 Å². The molecule has 0 fully saturated rings. The van der Waals surface area contributed by atoms with Crippen molar-refractivity contribution in [1.82, 2.24) is 9.78 Å². The van der Waals surface area contributed by atoms with Crippen LogP contribution in [0.4, 0.5) is 0 Å². The largest absolute Gasteiger partial charge is 0.491 e. The van der Waals surface area contributed by atoms with Crippen LogP contribution in [0.15, 0.2) is 35.1 Å². The number of aryl methyl sites for hydroxylation is 1. The minimum atomic E-state index is 0.470. The van der Waals surface area contributed by atoms with E-state index in [0.717, 1.165) is 27.9 Å². The number of nitrogens with two attached hydrogens (primary N) is 1. The molecule has 0 saturated heterocycles. The lowest BCUT2D eigenvalue weighted by atomic mass is 10.1. The Bertz CT molecular complexity index is 511. The highest BCUT2D eigenvalue weighted by atomic mass is 79.9. The summed E-state index contributed by atoms with van der Waals surface area (Å²) in [6.45, 7) is 3.80. The second-order valence-electron chi connectivity index (χ2n) is 4.03. The molecule has 0 bridgehead atoms. The summed E-state index contributed by atoms with van der Waals surface area (Å²) in [6.07, 6.45) is 3.68. The second-order valence-corrected chi connectivity index (χ2v) is 4.95. The molecule has 0 unspecified atom stereocenters. The Morgan fingerprint density at radius 1 is 1.44 bits per heavy atom. The van der Waals surface area contributed by atoms with E-state index in [1.54, 1.807) is 6.20 Å². The van der Waals surface area contributed by atoms with Gasteiger partial charge in [0, 0.05) is 29.0 Å². The molecule has 0 aliphatic heterocycles. The molecule has 2 N–H and O–H groups in total. The molecule has 2 aromatic rings. The van der Waals surface area contributed by atoms with Crippen LogP contribution in [0.25, 0.3) is 0 Å². The van der Waals surface area contributed by atoms with Crippen LogP contribution < -0.4 is 10.5 Å². The van der Waals surface area contributed by atoms with Crippen LogP contribution >= 0.6 is 15.9 Å². The van der Waals surface area contributed by atoms with Gasteiger partial charge in [-0.2, -0.15) is 5.10 Å². The van der Waals surface area contributed by atoms with Gasteiger partial charge in [0.15, 0.2) is 0 Å². The van der Waals surface area contributed by atoms with Gasteiger partial charge in [-0.1, -0.05) is 15.9 Å². The Labute approximate surface area is 115 Å². The van der Waals surface area contributed by atoms with Gasteiger partial charge < -0.3 is 10.5 Å². The number of hydrogen-bond donors (Lipinski definition) is 1. The summed E-state index contributed by atoms with van der Waals surface area (Å²) in [7, 11) is 0. The molecule has 96 valence electrons. The molecule has 0 aliphatic rings. The van der Waals surface area contributed by atoms with Gasteiger partial charge in [0.2, 0.25) is 0 Å². The minimum Gasteiger partial charge on any atom is -0.491 e. The molecular formula is C13H16BrN3O. The van der Waals surface area contributed by atoms with E-state index in [9.17, 15) is 0 Å². The van der Waals surface area contributed by atoms with Gasteiger partial charge >= 0.3 is 0 Å². The summed E-state index contributed by atoms with van der Waals surface area (Å²) in [5, 5.41) is 4.13. The van der Waals surface area contributed by atoms with E-state index in [0.29, 0.717) is 13.2 Å². The van der Waals surface area contributed by atoms with E-state index in [-0.39, 0.29) is 0 Å². The molecule has 0 atom stereocenters. The first kappa shape index (κ1) is 13.1. The molecule has 5 heteroatoms. The maximum absolute atomic E-state index is 5.83. The van der Waals surface area contributed by atoms with Gasteiger partial charge in [-0.25, -0.2) is 0 Å². The standard InChI is InChI=1S/C13H16BrN3O/c1-10-7-12(14)8-11(9-15)13(10)18-6-5-17-4-2-3-16-17/h2-4,7-8H,5-6,9,15H2,1H3. The quantitative estimate of drug-likeness (QED) is 0.923. The van der Waals surface area contributed by atoms with Crippen molar-refractivity contribution in [2.24, 2.45) is 5.73 Å². The molecule has 2 rings (SSSR count). The van der Waals surface area contributed by atoms with Gasteiger partial charge in [0.25, 0.3) is 0 Å². The molecule has 1 heterocycles. The third-order valence-corrected chi connectivity index (χ3v) is 3.12. The third kappa shape index (κ3) is 3.11. The average molecular weight is 310 g/mol. The van der Waals surface area contributed by atoms with E-state index >= 15 is 0 Å². The maximum atomic E-state index is 5.83. The predicted molar refractivity (Wildman–Crippen MR) is 74.5 cm³/mol. The third-order valence-electron chi connectivity index (χ3n) is 2.66. The molecule has 0 radical (unpaired) electrons. The van der Waals surface area contributed by atoms with Crippen LogP contribution in [0.1, 0.15) is 11.1 Å². The Balaban J connectivity index is 2.04. The monoisotopic (exact) mass is 309 g/mol. The number of ether oxygens (including phenoxy) is 1. The number of hydrogen-bond acceptors (Lipinski definition) is 3. The highest BCUT2D eigenvalue weighted by Crippen LogP contribution is 2.27. The Morgan fingerprint density at radius 2 is 2.28 bits per heavy atom. The van der Waals surface area contributed by atoms with Crippen LogP contribution in [0.2, 0.25) is 0 Å². The highest BCUT2D eigenvalue weighted by molar-refractivity contribution is 9.10. The number of benzene rings is 1. The molecule has 18 heavy (non-hydrogen) atoms. The second kappa shape index (κ2) is 6.02. The summed E-state index contributed by atoms with van der Waals surface area (Å²) in [5.74, 6) is 0.882. The average Bonchev–Trinajstić information content (AvgIpc) is 2.84. The van der Waals surface area contributed by atoms with Crippen molar-refractivity contribution in [3.05, 3.63) is 46.2 Å². The zero-order valence-electron chi connectivity index (χ0n) is 10.3. The van der Waals surface area contributed by atoms with Gasteiger partial charge in [-0.15, -0.1) is 0 Å². The molecule has 0 spiro atoms. The van der Waals surface area contributed by atoms with Crippen molar-refractivity contribution >= 4 is 15.9 Å². The Morgan fingerprint density at radius 3 is 2.94 bits per heavy atom. The van der Waals surface area contributed by atoms with Crippen LogP contribution in [0, 0.1) is 6.92 Å². The smallest absolute Gasteiger partial charge is 0.126 e. The zero-order valence-corrected chi connectivity index (χ0v) is 11.9. The first-order valence-corrected chi connectivity index (χ1v) is 6.59. The number of halogens is 1. The summed E-state index contributed by atoms with van der Waals surface area (Å²) in [5.41, 5.74) is 7.84. The summed E-state index contributed by atoms with van der Waals surface area (Å²) >= 11 is 3.46. The molecule has 1 aromatic carbocycles. The van der Waals surface area contributed by atoms with Gasteiger partial charge in [0.05, 0.1) is 6.54 Å². The predicted octanol–water partition coefficient (Wildman–Crippen LogP) is 2.49. The first-order valence-electron chi connectivity index (χ1n) is 5.80. The summed E-state index contributed by atoms with van der Waals surface area (Å²) in [4.78, 5) is 0. The molecule has 0 aliphatic carbocycles. The minimum absolute atomic E-state index is 0.470. The van der Waals surface area contributed by atoms with Crippen LogP contribution in [-0.4, -0.2) is 16.4 Å². The van der Waals surface area contributed by atoms with E-state index < -0.39 is 0 Å². The normalized spacial score (nSPS) is 10.6. The van der Waals surface area contributed by atoms with Crippen molar-refractivity contribution < 1.29 is 4.74 Å². The molecule has 0 saturated carbocycles. The first-order chi connectivity index (χ1) is 8.70. The number of rotatable bonds is 5. The summed E-state index contributed by atoms with van der Waals surface area (Å²) in [6, 6.07) is 5.93. The summed E-state index contributed by atoms with van der Waals surface area (Å²) < 4.78 is 8.70. The number of aromatic nitrogens is 2. The fraction of sp³-hybridized carbons (Fsp3) is 0.308. The fourth-order valence-corrected chi connectivity index (χ4v) is 2.45. The maximum Gasteiger partial charge on any atom is 0.126 e. The van der Waals surface area contributed by atoms with E-state index in [2.05, 4.69) is 21.0 Å². The Kier molecular flexibility index (Phi) is 4.38. The van der Waals surface area contributed by atoms with E-state index in [4.69, 9.17) is 10.5 Å². The lowest BCUT2D eigenvalue weighted by Gasteiger charge is -2.14.